The zero-order chi connectivity index (χ0) is 8.27. The molecule has 1 aromatic rings. The molecule has 0 unspecified atom stereocenters. The van der Waals surface area contributed by atoms with Gasteiger partial charge in [0.2, 0.25) is 0 Å². The fourth-order valence-electron chi connectivity index (χ4n) is 0.777. The molecule has 1 N–H and O–H groups in total. The van der Waals surface area contributed by atoms with Gasteiger partial charge in [0, 0.05) is 4.47 Å². The van der Waals surface area contributed by atoms with Gasteiger partial charge in [0.05, 0.1) is 6.42 Å². The first-order valence-electron chi connectivity index (χ1n) is 3.15. The van der Waals surface area contributed by atoms with Crippen LogP contribution in [-0.2, 0) is 11.2 Å². The first-order valence-corrected chi connectivity index (χ1v) is 3.94. The second kappa shape index (κ2) is 7.20. The summed E-state index contributed by atoms with van der Waals surface area (Å²) in [6.45, 7) is 0. The topological polar surface area (TPSA) is 37.3 Å². The molecule has 0 fully saturated rings. The summed E-state index contributed by atoms with van der Waals surface area (Å²) in [5.74, 6) is -0.799. The summed E-state index contributed by atoms with van der Waals surface area (Å²) in [6, 6.07) is 7.24. The van der Waals surface area contributed by atoms with Crippen LogP contribution in [0.25, 0.3) is 0 Å². The van der Waals surface area contributed by atoms with Crippen LogP contribution >= 0.6 is 15.9 Å². The summed E-state index contributed by atoms with van der Waals surface area (Å²) in [7, 11) is 0. The Morgan fingerprint density at radius 2 is 1.77 bits per heavy atom. The van der Waals surface area contributed by atoms with Crippen molar-refractivity contribution in [3.8, 4) is 0 Å². The molecule has 0 radical (unpaired) electrons. The maximum atomic E-state index is 10.2. The maximum absolute atomic E-state index is 10.2. The number of carboxylic acids is 1. The molecule has 0 spiro atoms. The molecule has 4 heteroatoms. The molecule has 2 nitrogen and oxygen atoms in total. The number of rotatable bonds is 2. The summed E-state index contributed by atoms with van der Waals surface area (Å²) >= 11 is 3.26. The monoisotopic (exact) mass is 236 g/mol. The van der Waals surface area contributed by atoms with Gasteiger partial charge in [-0.3, -0.25) is 4.79 Å². The number of halogens is 1. The van der Waals surface area contributed by atoms with Crippen molar-refractivity contribution in [1.82, 2.24) is 0 Å². The molecule has 0 saturated carbocycles. The minimum atomic E-state index is -0.799. The summed E-state index contributed by atoms with van der Waals surface area (Å²) < 4.78 is 0.964. The van der Waals surface area contributed by atoms with Crippen LogP contribution in [0.3, 0.4) is 0 Å². The summed E-state index contributed by atoms with van der Waals surface area (Å²) in [4.78, 5) is 10.2. The number of carbonyl (C=O) groups is 1. The Hall–Kier alpha value is -0.233. The van der Waals surface area contributed by atoms with Gasteiger partial charge in [-0.25, -0.2) is 0 Å². The Morgan fingerprint density at radius 3 is 2.15 bits per heavy atom. The van der Waals surface area contributed by atoms with E-state index in [1.54, 1.807) is 12.1 Å². The van der Waals surface area contributed by atoms with E-state index in [1.165, 1.54) is 0 Å². The molecular weight excluding hydrogens is 227 g/mol. The van der Waals surface area contributed by atoms with E-state index in [2.05, 4.69) is 15.9 Å². The van der Waals surface area contributed by atoms with Crippen LogP contribution < -0.4 is 18.9 Å². The Morgan fingerprint density at radius 1 is 1.31 bits per heavy atom. The van der Waals surface area contributed by atoms with Crippen LogP contribution in [0.1, 0.15) is 5.56 Å². The van der Waals surface area contributed by atoms with Crippen molar-refractivity contribution in [3.05, 3.63) is 41.7 Å². The van der Waals surface area contributed by atoms with Crippen LogP contribution in [0, 0.1) is 7.43 Å². The average Bonchev–Trinajstić information content (AvgIpc) is 1.93. The van der Waals surface area contributed by atoms with E-state index in [-0.39, 0.29) is 32.7 Å². The van der Waals surface area contributed by atoms with Gasteiger partial charge in [-0.1, -0.05) is 28.1 Å². The van der Waals surface area contributed by atoms with E-state index in [1.807, 2.05) is 12.1 Å². The molecule has 0 bridgehead atoms. The molecule has 13 heavy (non-hydrogen) atoms. The fraction of sp³-hybridized carbons (Fsp3) is 0.111. The third-order valence-electron chi connectivity index (χ3n) is 1.27. The van der Waals surface area contributed by atoms with Gasteiger partial charge < -0.3 is 12.5 Å². The normalized spacial score (nSPS) is 8.08. The Balaban J connectivity index is 0. The van der Waals surface area contributed by atoms with Crippen LogP contribution in [0.15, 0.2) is 28.7 Å². The molecule has 1 rings (SSSR count). The number of hydrogen-bond acceptors (Lipinski definition) is 1. The molecule has 0 aromatic heterocycles. The van der Waals surface area contributed by atoms with Crippen molar-refractivity contribution in [2.75, 3.05) is 0 Å². The number of benzene rings is 1. The number of hydrogen-bond donors (Lipinski definition) is 1. The zero-order valence-corrected chi connectivity index (χ0v) is 9.34. The summed E-state index contributed by atoms with van der Waals surface area (Å²) in [5.41, 5.74) is 0.820. The largest absolute Gasteiger partial charge is 1.00 e. The maximum Gasteiger partial charge on any atom is 1.00 e. The Labute approximate surface area is 98.7 Å². The van der Waals surface area contributed by atoms with Crippen LogP contribution in [0.2, 0.25) is 0 Å². The van der Waals surface area contributed by atoms with Gasteiger partial charge in [-0.15, -0.1) is 0 Å². The quantitative estimate of drug-likeness (QED) is 0.557. The van der Waals surface area contributed by atoms with Crippen LogP contribution in [0.4, 0.5) is 0 Å². The molecule has 0 aliphatic heterocycles. The van der Waals surface area contributed by atoms with E-state index < -0.39 is 5.97 Å². The number of aliphatic carboxylic acids is 1. The second-order valence-corrected chi connectivity index (χ2v) is 3.11. The SMILES string of the molecule is O=C(O)Cc1ccc(Br)cc1.[CH3-].[Li+]. The van der Waals surface area contributed by atoms with Crippen LogP contribution in [-0.4, -0.2) is 11.1 Å². The fourth-order valence-corrected chi connectivity index (χ4v) is 1.04. The standard InChI is InChI=1S/C8H7BrO2.CH3.Li/c9-7-3-1-6(2-4-7)5-8(10)11;;/h1-4H,5H2,(H,10,11);1H3;/q;-1;+1. The van der Waals surface area contributed by atoms with Crippen molar-refractivity contribution >= 4 is 21.9 Å². The second-order valence-electron chi connectivity index (χ2n) is 2.20. The van der Waals surface area contributed by atoms with Crippen molar-refractivity contribution in [3.63, 3.8) is 0 Å². The van der Waals surface area contributed by atoms with Crippen molar-refractivity contribution in [1.29, 1.82) is 0 Å². The van der Waals surface area contributed by atoms with Gasteiger partial charge in [-0.2, -0.15) is 0 Å². The molecule has 0 saturated heterocycles. The first kappa shape index (κ1) is 15.2. The summed E-state index contributed by atoms with van der Waals surface area (Å²) in [6.07, 6.45) is 0.0906. The molecule has 0 aliphatic carbocycles. The number of carboxylic acid groups (broad SMARTS) is 1. The van der Waals surface area contributed by atoms with Gasteiger partial charge in [0.15, 0.2) is 0 Å². The molecule has 66 valence electrons. The minimum Gasteiger partial charge on any atom is -0.481 e. The third kappa shape index (κ3) is 5.92. The Bertz CT molecular complexity index is 259. The van der Waals surface area contributed by atoms with E-state index in [0.29, 0.717) is 0 Å². The zero-order valence-electron chi connectivity index (χ0n) is 7.75. The molecule has 0 aliphatic rings. The van der Waals surface area contributed by atoms with Crippen molar-refractivity contribution in [2.45, 2.75) is 6.42 Å². The first-order chi connectivity index (χ1) is 5.18. The third-order valence-corrected chi connectivity index (χ3v) is 1.80. The van der Waals surface area contributed by atoms with Crippen molar-refractivity contribution < 1.29 is 28.8 Å². The van der Waals surface area contributed by atoms with Crippen molar-refractivity contribution in [2.24, 2.45) is 0 Å². The summed E-state index contributed by atoms with van der Waals surface area (Å²) in [5, 5.41) is 8.42. The van der Waals surface area contributed by atoms with Gasteiger partial charge in [0.25, 0.3) is 0 Å². The molecule has 0 amide bonds. The van der Waals surface area contributed by atoms with Crippen LogP contribution in [0.5, 0.6) is 0 Å². The molecule has 1 aromatic carbocycles. The predicted octanol–water partition coefficient (Wildman–Crippen LogP) is -0.470. The predicted molar refractivity (Wildman–Crippen MR) is 51.9 cm³/mol. The minimum absolute atomic E-state index is 0. The Kier molecular flexibility index (Phi) is 8.44. The smallest absolute Gasteiger partial charge is 0.481 e. The van der Waals surface area contributed by atoms with Gasteiger partial charge >= 0.3 is 24.8 Å². The van der Waals surface area contributed by atoms with E-state index in [9.17, 15) is 4.79 Å². The molecular formula is C9H10BrLiO2. The molecule has 0 heterocycles. The molecule has 0 atom stereocenters. The van der Waals surface area contributed by atoms with E-state index in [4.69, 9.17) is 5.11 Å². The van der Waals surface area contributed by atoms with E-state index >= 15 is 0 Å². The van der Waals surface area contributed by atoms with Gasteiger partial charge in [0.1, 0.15) is 0 Å². The van der Waals surface area contributed by atoms with E-state index in [0.717, 1.165) is 10.0 Å². The average molecular weight is 237 g/mol. The van der Waals surface area contributed by atoms with Gasteiger partial charge in [-0.05, 0) is 17.7 Å².